The van der Waals surface area contributed by atoms with Gasteiger partial charge in [0.1, 0.15) is 23.1 Å². The third kappa shape index (κ3) is 3.03. The number of halogens is 3. The van der Waals surface area contributed by atoms with Crippen LogP contribution in [0, 0.1) is 28.8 Å². The average Bonchev–Trinajstić information content (AvgIpc) is 2.52. The summed E-state index contributed by atoms with van der Waals surface area (Å²) in [5.74, 6) is -5.09. The van der Waals surface area contributed by atoms with Crippen LogP contribution >= 0.6 is 11.8 Å². The second-order valence-corrected chi connectivity index (χ2v) is 5.00. The maximum absolute atomic E-state index is 14.3. The van der Waals surface area contributed by atoms with Crippen molar-refractivity contribution < 1.29 is 17.9 Å². The molecule has 0 spiro atoms. The lowest BCUT2D eigenvalue weighted by molar-refractivity contribution is 0.333. The van der Waals surface area contributed by atoms with E-state index in [1.54, 1.807) is 19.2 Å². The maximum atomic E-state index is 14.3. The van der Waals surface area contributed by atoms with Gasteiger partial charge < -0.3 is 9.72 Å². The minimum absolute atomic E-state index is 0.0397. The molecule has 0 aliphatic rings. The molecule has 5 nitrogen and oxygen atoms in total. The van der Waals surface area contributed by atoms with Crippen molar-refractivity contribution in [1.82, 2.24) is 9.97 Å². The first-order chi connectivity index (χ1) is 10.9. The van der Waals surface area contributed by atoms with E-state index < -0.39 is 39.8 Å². The van der Waals surface area contributed by atoms with Crippen LogP contribution in [-0.2, 0) is 0 Å². The number of nitriles is 1. The largest absolute Gasteiger partial charge is 0.493 e. The second kappa shape index (κ2) is 6.75. The molecule has 0 fully saturated rings. The van der Waals surface area contributed by atoms with Crippen molar-refractivity contribution >= 4 is 11.8 Å². The zero-order valence-corrected chi connectivity index (χ0v) is 12.9. The summed E-state index contributed by atoms with van der Waals surface area (Å²) in [4.78, 5) is 18.2. The van der Waals surface area contributed by atoms with Crippen LogP contribution in [0.2, 0.25) is 0 Å². The number of ether oxygens (including phenoxy) is 1. The van der Waals surface area contributed by atoms with Gasteiger partial charge in [0.25, 0.3) is 5.56 Å². The Balaban J connectivity index is 2.91. The van der Waals surface area contributed by atoms with Crippen LogP contribution in [0.4, 0.5) is 13.2 Å². The van der Waals surface area contributed by atoms with E-state index in [-0.39, 0.29) is 17.5 Å². The summed E-state index contributed by atoms with van der Waals surface area (Å²) in [6, 6.07) is 2.24. The first-order valence-corrected chi connectivity index (χ1v) is 7.56. The molecule has 0 unspecified atom stereocenters. The summed E-state index contributed by atoms with van der Waals surface area (Å²) in [6.45, 7) is 1.60. The number of hydrogen-bond acceptors (Lipinski definition) is 5. The van der Waals surface area contributed by atoms with Gasteiger partial charge in [-0.05, 0) is 13.2 Å². The first-order valence-electron chi connectivity index (χ1n) is 6.33. The summed E-state index contributed by atoms with van der Waals surface area (Å²) in [6.07, 6.45) is 1.60. The van der Waals surface area contributed by atoms with Gasteiger partial charge in [-0.2, -0.15) is 5.26 Å². The molecule has 0 aliphatic carbocycles. The van der Waals surface area contributed by atoms with Crippen LogP contribution < -0.4 is 10.3 Å². The van der Waals surface area contributed by atoms with Gasteiger partial charge in [0.2, 0.25) is 0 Å². The van der Waals surface area contributed by atoms with Crippen molar-refractivity contribution in [2.45, 2.75) is 12.1 Å². The molecule has 0 aliphatic heterocycles. The standard InChI is InChI=1S/C14H10F3N3O2S/c1-3-22-8-4-7(15)10(16)11(17)9(8)12-6(5-18)13(21)20-14(19-12)23-2/h4H,3H2,1-2H3,(H,19,20,21). The predicted molar refractivity (Wildman–Crippen MR) is 77.8 cm³/mol. The number of benzene rings is 1. The van der Waals surface area contributed by atoms with E-state index >= 15 is 0 Å². The van der Waals surface area contributed by atoms with E-state index in [0.29, 0.717) is 6.07 Å². The van der Waals surface area contributed by atoms with E-state index in [4.69, 9.17) is 10.00 Å². The van der Waals surface area contributed by atoms with E-state index in [1.165, 1.54) is 0 Å². The molecule has 0 amide bonds. The molecule has 0 bridgehead atoms. The summed E-state index contributed by atoms with van der Waals surface area (Å²) in [5, 5.41) is 9.20. The molecule has 1 heterocycles. The minimum atomic E-state index is -1.74. The van der Waals surface area contributed by atoms with E-state index in [1.807, 2.05) is 0 Å². The number of hydrogen-bond donors (Lipinski definition) is 1. The molecular weight excluding hydrogens is 331 g/mol. The van der Waals surface area contributed by atoms with Gasteiger partial charge >= 0.3 is 0 Å². The lowest BCUT2D eigenvalue weighted by Crippen LogP contribution is -2.16. The Labute approximate surface area is 133 Å². The van der Waals surface area contributed by atoms with Crippen LogP contribution in [0.3, 0.4) is 0 Å². The number of aromatic nitrogens is 2. The molecule has 2 rings (SSSR count). The number of nitrogens with one attached hydrogen (secondary N) is 1. The molecule has 1 N–H and O–H groups in total. The van der Waals surface area contributed by atoms with Crippen molar-refractivity contribution in [2.24, 2.45) is 0 Å². The van der Waals surface area contributed by atoms with Gasteiger partial charge in [-0.3, -0.25) is 4.79 Å². The lowest BCUT2D eigenvalue weighted by Gasteiger charge is -2.13. The highest BCUT2D eigenvalue weighted by atomic mass is 32.2. The monoisotopic (exact) mass is 341 g/mol. The lowest BCUT2D eigenvalue weighted by atomic mass is 10.1. The molecule has 9 heteroatoms. The van der Waals surface area contributed by atoms with Crippen LogP contribution in [0.15, 0.2) is 16.0 Å². The van der Waals surface area contributed by atoms with Gasteiger partial charge in [-0.15, -0.1) is 0 Å². The van der Waals surface area contributed by atoms with Crippen molar-refractivity contribution in [3.8, 4) is 23.1 Å². The van der Waals surface area contributed by atoms with E-state index in [2.05, 4.69) is 9.97 Å². The fourth-order valence-corrected chi connectivity index (χ4v) is 2.27. The maximum Gasteiger partial charge on any atom is 0.270 e. The number of H-pyrrole nitrogens is 1. The van der Waals surface area contributed by atoms with Crippen LogP contribution in [0.5, 0.6) is 5.75 Å². The molecule has 0 atom stereocenters. The summed E-state index contributed by atoms with van der Waals surface area (Å²) in [5.41, 5.74) is -2.30. The van der Waals surface area contributed by atoms with E-state index in [9.17, 15) is 18.0 Å². The van der Waals surface area contributed by atoms with Crippen LogP contribution in [-0.4, -0.2) is 22.8 Å². The quantitative estimate of drug-likeness (QED) is 0.525. The Hall–Kier alpha value is -2.47. The Kier molecular flexibility index (Phi) is 4.95. The minimum Gasteiger partial charge on any atom is -0.493 e. The topological polar surface area (TPSA) is 78.8 Å². The van der Waals surface area contributed by atoms with Crippen LogP contribution in [0.25, 0.3) is 11.3 Å². The second-order valence-electron chi connectivity index (χ2n) is 4.20. The zero-order valence-electron chi connectivity index (χ0n) is 12.0. The van der Waals surface area contributed by atoms with Crippen LogP contribution in [0.1, 0.15) is 12.5 Å². The Morgan fingerprint density at radius 2 is 2.09 bits per heavy atom. The fourth-order valence-electron chi connectivity index (χ4n) is 1.90. The molecule has 120 valence electrons. The molecule has 0 saturated carbocycles. The van der Waals surface area contributed by atoms with Gasteiger partial charge in [0.15, 0.2) is 22.6 Å². The number of nitrogens with zero attached hydrogens (tertiary/aromatic N) is 2. The summed E-state index contributed by atoms with van der Waals surface area (Å²) >= 11 is 1.04. The highest BCUT2D eigenvalue weighted by Gasteiger charge is 2.26. The van der Waals surface area contributed by atoms with Crippen molar-refractivity contribution in [2.75, 3.05) is 12.9 Å². The van der Waals surface area contributed by atoms with Crippen molar-refractivity contribution in [3.63, 3.8) is 0 Å². The fraction of sp³-hybridized carbons (Fsp3) is 0.214. The molecule has 1 aromatic carbocycles. The highest BCUT2D eigenvalue weighted by molar-refractivity contribution is 7.98. The van der Waals surface area contributed by atoms with Gasteiger partial charge in [0, 0.05) is 6.07 Å². The highest BCUT2D eigenvalue weighted by Crippen LogP contribution is 2.35. The number of aromatic amines is 1. The van der Waals surface area contributed by atoms with Gasteiger partial charge in [-0.25, -0.2) is 18.2 Å². The third-order valence-electron chi connectivity index (χ3n) is 2.87. The average molecular weight is 341 g/mol. The molecular formula is C14H10F3N3O2S. The van der Waals surface area contributed by atoms with E-state index in [0.717, 1.165) is 11.8 Å². The normalized spacial score (nSPS) is 10.4. The number of thioether (sulfide) groups is 1. The Bertz CT molecular complexity index is 862. The van der Waals surface area contributed by atoms with Crippen molar-refractivity contribution in [3.05, 3.63) is 39.4 Å². The molecule has 1 aromatic heterocycles. The predicted octanol–water partition coefficient (Wildman–Crippen LogP) is 2.85. The summed E-state index contributed by atoms with van der Waals surface area (Å²) in [7, 11) is 0. The van der Waals surface area contributed by atoms with Gasteiger partial charge in [-0.1, -0.05) is 11.8 Å². The van der Waals surface area contributed by atoms with Gasteiger partial charge in [0.05, 0.1) is 12.2 Å². The third-order valence-corrected chi connectivity index (χ3v) is 3.45. The first kappa shape index (κ1) is 16.9. The molecule has 2 aromatic rings. The van der Waals surface area contributed by atoms with Crippen molar-refractivity contribution in [1.29, 1.82) is 5.26 Å². The Morgan fingerprint density at radius 1 is 1.39 bits per heavy atom. The summed E-state index contributed by atoms with van der Waals surface area (Å²) < 4.78 is 46.4. The number of rotatable bonds is 4. The Morgan fingerprint density at radius 3 is 2.65 bits per heavy atom. The zero-order chi connectivity index (χ0) is 17.1. The molecule has 0 radical (unpaired) electrons. The molecule has 23 heavy (non-hydrogen) atoms. The SMILES string of the molecule is CCOc1cc(F)c(F)c(F)c1-c1nc(SC)[nH]c(=O)c1C#N. The smallest absolute Gasteiger partial charge is 0.270 e. The molecule has 0 saturated heterocycles.